The van der Waals surface area contributed by atoms with E-state index in [0.29, 0.717) is 5.75 Å². The van der Waals surface area contributed by atoms with E-state index in [4.69, 9.17) is 21.1 Å². The Labute approximate surface area is 187 Å². The highest BCUT2D eigenvalue weighted by atomic mass is 35.5. The van der Waals surface area contributed by atoms with Gasteiger partial charge in [0.2, 0.25) is 6.10 Å². The van der Waals surface area contributed by atoms with Crippen molar-refractivity contribution in [3.05, 3.63) is 71.0 Å². The van der Waals surface area contributed by atoms with Gasteiger partial charge in [0.05, 0.1) is 5.92 Å². The molecule has 0 heterocycles. The van der Waals surface area contributed by atoms with Crippen LogP contribution >= 0.6 is 11.6 Å². The van der Waals surface area contributed by atoms with E-state index in [2.05, 4.69) is 0 Å². The lowest BCUT2D eigenvalue weighted by atomic mass is 10.1. The number of para-hydroxylation sites is 1. The first-order chi connectivity index (χ1) is 14.9. The molecule has 1 aliphatic carbocycles. The molecule has 0 aromatic heterocycles. The Hall–Kier alpha value is -3.05. The number of esters is 1. The monoisotopic (exact) mass is 467 g/mol. The molecule has 32 heavy (non-hydrogen) atoms. The second kappa shape index (κ2) is 8.83. The average molecular weight is 468 g/mol. The summed E-state index contributed by atoms with van der Waals surface area (Å²) >= 11 is 5.30. The molecule has 0 radical (unpaired) electrons. The van der Waals surface area contributed by atoms with E-state index in [1.165, 1.54) is 12.1 Å². The molecule has 3 atom stereocenters. The van der Waals surface area contributed by atoms with Crippen LogP contribution in [0.1, 0.15) is 25.5 Å². The minimum Gasteiger partial charge on any atom is -0.454 e. The topological polar surface area (TPSA) is 59.3 Å². The van der Waals surface area contributed by atoms with Crippen molar-refractivity contribution in [1.29, 1.82) is 5.26 Å². The molecule has 2 aromatic rings. The zero-order valence-electron chi connectivity index (χ0n) is 17.0. The number of allylic oxidation sites excluding steroid dienone is 2. The van der Waals surface area contributed by atoms with E-state index in [1.54, 1.807) is 44.2 Å². The predicted molar refractivity (Wildman–Crippen MR) is 108 cm³/mol. The number of nitrogens with zero attached hydrogens (tertiary/aromatic N) is 1. The lowest BCUT2D eigenvalue weighted by molar-refractivity contribution is -0.149. The van der Waals surface area contributed by atoms with E-state index in [9.17, 15) is 27.6 Å². The molecule has 168 valence electrons. The minimum absolute atomic E-state index is 0.159. The molecule has 4 nitrogen and oxygen atoms in total. The van der Waals surface area contributed by atoms with Gasteiger partial charge in [-0.05, 0) is 35.6 Å². The van der Waals surface area contributed by atoms with Crippen LogP contribution in [-0.2, 0) is 9.53 Å². The third kappa shape index (κ3) is 5.05. The summed E-state index contributed by atoms with van der Waals surface area (Å²) in [7, 11) is 0. The van der Waals surface area contributed by atoms with E-state index in [-0.39, 0.29) is 11.3 Å². The van der Waals surface area contributed by atoms with Gasteiger partial charge < -0.3 is 9.47 Å². The quantitative estimate of drug-likeness (QED) is 0.351. The maximum absolute atomic E-state index is 14.2. The second-order valence-corrected chi connectivity index (χ2v) is 8.30. The highest BCUT2D eigenvalue weighted by Crippen LogP contribution is 2.60. The van der Waals surface area contributed by atoms with Gasteiger partial charge in [-0.3, -0.25) is 4.79 Å². The van der Waals surface area contributed by atoms with E-state index in [1.807, 2.05) is 6.07 Å². The normalized spacial score (nSPS) is 20.8. The number of halogens is 5. The molecular weight excluding hydrogens is 450 g/mol. The van der Waals surface area contributed by atoms with Crippen LogP contribution in [-0.4, -0.2) is 12.1 Å². The number of nitriles is 1. The van der Waals surface area contributed by atoms with Crippen molar-refractivity contribution in [3.8, 4) is 17.6 Å². The van der Waals surface area contributed by atoms with Crippen LogP contribution in [0.5, 0.6) is 11.5 Å². The summed E-state index contributed by atoms with van der Waals surface area (Å²) in [5.74, 6) is -3.04. The molecule has 1 saturated carbocycles. The molecule has 0 bridgehead atoms. The summed E-state index contributed by atoms with van der Waals surface area (Å²) in [5.41, 5.74) is -0.667. The van der Waals surface area contributed by atoms with Gasteiger partial charge in [0.15, 0.2) is 11.6 Å². The van der Waals surface area contributed by atoms with E-state index in [0.717, 1.165) is 12.1 Å². The zero-order valence-corrected chi connectivity index (χ0v) is 17.7. The maximum atomic E-state index is 14.2. The summed E-state index contributed by atoms with van der Waals surface area (Å²) in [6.45, 7) is 3.21. The van der Waals surface area contributed by atoms with Gasteiger partial charge in [-0.1, -0.05) is 55.8 Å². The van der Waals surface area contributed by atoms with Crippen LogP contribution in [0, 0.1) is 34.4 Å². The molecule has 0 aliphatic heterocycles. The Balaban J connectivity index is 1.76. The Morgan fingerprint density at radius 1 is 1.22 bits per heavy atom. The molecule has 0 amide bonds. The molecular formula is C23H18ClF4NO3. The molecule has 0 spiro atoms. The van der Waals surface area contributed by atoms with Crippen LogP contribution in [0.4, 0.5) is 17.6 Å². The lowest BCUT2D eigenvalue weighted by Gasteiger charge is -2.14. The smallest absolute Gasteiger partial charge is 0.426 e. The third-order valence-corrected chi connectivity index (χ3v) is 5.68. The largest absolute Gasteiger partial charge is 0.454 e. The fraction of sp³-hybridized carbons (Fsp3) is 0.304. The number of hydrogen-bond donors (Lipinski definition) is 0. The van der Waals surface area contributed by atoms with Crippen molar-refractivity contribution >= 4 is 17.6 Å². The number of rotatable bonds is 6. The van der Waals surface area contributed by atoms with Gasteiger partial charge in [0.25, 0.3) is 0 Å². The van der Waals surface area contributed by atoms with Crippen molar-refractivity contribution in [2.75, 3.05) is 0 Å². The average Bonchev–Trinajstić information content (AvgIpc) is 3.27. The summed E-state index contributed by atoms with van der Waals surface area (Å²) < 4.78 is 63.1. The van der Waals surface area contributed by atoms with Crippen molar-refractivity contribution in [2.24, 2.45) is 17.3 Å². The standard InChI is InChI=1S/C23H18ClF4NO3/c1-22(2)15(11-19(24)23(26,27)28)20(22)21(30)32-18(12-29)13-8-9-16(25)17(10-13)31-14-6-4-3-5-7-14/h3-11,15,18,20H,1-2H3/t15-,18-,20-/m0/s1. The molecule has 3 rings (SSSR count). The first-order valence-electron chi connectivity index (χ1n) is 9.52. The summed E-state index contributed by atoms with van der Waals surface area (Å²) in [5, 5.41) is 8.17. The van der Waals surface area contributed by atoms with Gasteiger partial charge in [-0.25, -0.2) is 4.39 Å². The molecule has 1 fully saturated rings. The fourth-order valence-corrected chi connectivity index (χ4v) is 3.56. The number of alkyl halides is 3. The predicted octanol–water partition coefficient (Wildman–Crippen LogP) is 6.68. The summed E-state index contributed by atoms with van der Waals surface area (Å²) in [6.07, 6.45) is -5.33. The Kier molecular flexibility index (Phi) is 6.51. The maximum Gasteiger partial charge on any atom is 0.426 e. The van der Waals surface area contributed by atoms with Crippen molar-refractivity contribution in [1.82, 2.24) is 0 Å². The van der Waals surface area contributed by atoms with Gasteiger partial charge >= 0.3 is 12.1 Å². The Bertz CT molecular complexity index is 1080. The van der Waals surface area contributed by atoms with Gasteiger partial charge in [0.1, 0.15) is 16.9 Å². The van der Waals surface area contributed by atoms with Crippen molar-refractivity contribution in [3.63, 3.8) is 0 Å². The molecule has 0 unspecified atom stereocenters. The summed E-state index contributed by atoms with van der Waals surface area (Å²) in [6, 6.07) is 13.8. The first-order valence-corrected chi connectivity index (χ1v) is 9.90. The van der Waals surface area contributed by atoms with Crippen molar-refractivity contribution in [2.45, 2.75) is 26.1 Å². The Morgan fingerprint density at radius 3 is 2.47 bits per heavy atom. The number of carbonyl (C=O) groups is 1. The SMILES string of the molecule is CC1(C)[C@H](C(=O)O[C@@H](C#N)c2ccc(F)c(Oc3ccccc3)c2)[C@@H]1C=C(Cl)C(F)(F)F. The van der Waals surface area contributed by atoms with Crippen LogP contribution in [0.2, 0.25) is 0 Å². The first kappa shape index (κ1) is 23.6. The molecule has 1 aliphatic rings. The highest BCUT2D eigenvalue weighted by Gasteiger charge is 2.62. The number of carbonyl (C=O) groups excluding carboxylic acids is 1. The Morgan fingerprint density at radius 2 is 1.88 bits per heavy atom. The number of ether oxygens (including phenoxy) is 2. The number of benzene rings is 2. The summed E-state index contributed by atoms with van der Waals surface area (Å²) in [4.78, 5) is 12.6. The lowest BCUT2D eigenvalue weighted by Crippen LogP contribution is -2.15. The van der Waals surface area contributed by atoms with Gasteiger partial charge in [0, 0.05) is 5.56 Å². The van der Waals surface area contributed by atoms with E-state index < -0.39 is 46.3 Å². The fourth-order valence-electron chi connectivity index (χ4n) is 3.43. The van der Waals surface area contributed by atoms with Gasteiger partial charge in [-0.15, -0.1) is 0 Å². The van der Waals surface area contributed by atoms with Crippen LogP contribution in [0.15, 0.2) is 59.6 Å². The molecule has 2 aromatic carbocycles. The number of hydrogen-bond acceptors (Lipinski definition) is 4. The van der Waals surface area contributed by atoms with Gasteiger partial charge in [-0.2, -0.15) is 18.4 Å². The van der Waals surface area contributed by atoms with E-state index >= 15 is 0 Å². The molecule has 9 heteroatoms. The van der Waals surface area contributed by atoms with Crippen LogP contribution < -0.4 is 4.74 Å². The molecule has 0 saturated heterocycles. The minimum atomic E-state index is -4.72. The van der Waals surface area contributed by atoms with Crippen molar-refractivity contribution < 1.29 is 31.8 Å². The highest BCUT2D eigenvalue weighted by molar-refractivity contribution is 6.30. The zero-order chi connectivity index (χ0) is 23.7. The molecule has 0 N–H and O–H groups in total. The van der Waals surface area contributed by atoms with Crippen LogP contribution in [0.3, 0.4) is 0 Å². The second-order valence-electron chi connectivity index (χ2n) is 7.89. The van der Waals surface area contributed by atoms with Crippen LogP contribution in [0.25, 0.3) is 0 Å². The third-order valence-electron chi connectivity index (χ3n) is 5.34.